The van der Waals surface area contributed by atoms with E-state index in [0.717, 1.165) is 5.56 Å². The molecular formula is C21H24O9. The number of methoxy groups -OCH3 is 1. The van der Waals surface area contributed by atoms with E-state index in [1.54, 1.807) is 30.4 Å². The van der Waals surface area contributed by atoms with E-state index in [2.05, 4.69) is 0 Å². The molecule has 0 aliphatic carbocycles. The molecule has 1 aliphatic rings. The van der Waals surface area contributed by atoms with Crippen LogP contribution in [0.3, 0.4) is 0 Å². The summed E-state index contributed by atoms with van der Waals surface area (Å²) in [5, 5.41) is 58.2. The Balaban J connectivity index is 1.78. The number of ether oxygens (including phenoxy) is 3. The molecule has 0 unspecified atom stereocenters. The molecule has 1 fully saturated rings. The summed E-state index contributed by atoms with van der Waals surface area (Å²) in [5.74, 6) is 0.410. The highest BCUT2D eigenvalue weighted by Crippen LogP contribution is 2.32. The summed E-state index contributed by atoms with van der Waals surface area (Å²) in [6.45, 7) is -0.559. The van der Waals surface area contributed by atoms with E-state index in [4.69, 9.17) is 14.2 Å². The van der Waals surface area contributed by atoms with Gasteiger partial charge in [0.1, 0.15) is 35.9 Å². The Morgan fingerprint density at radius 1 is 0.867 bits per heavy atom. The highest BCUT2D eigenvalue weighted by molar-refractivity contribution is 5.72. The molecule has 0 radical (unpaired) electrons. The Morgan fingerprint density at radius 2 is 1.53 bits per heavy atom. The predicted molar refractivity (Wildman–Crippen MR) is 106 cm³/mol. The first kappa shape index (κ1) is 21.9. The number of hydrogen-bond acceptors (Lipinski definition) is 9. The van der Waals surface area contributed by atoms with E-state index >= 15 is 0 Å². The van der Waals surface area contributed by atoms with Gasteiger partial charge in [-0.15, -0.1) is 0 Å². The highest BCUT2D eigenvalue weighted by Gasteiger charge is 2.44. The molecule has 1 aliphatic heterocycles. The number of rotatable bonds is 6. The molecule has 0 aromatic heterocycles. The zero-order valence-electron chi connectivity index (χ0n) is 16.1. The van der Waals surface area contributed by atoms with Crippen LogP contribution in [0.2, 0.25) is 0 Å². The first-order chi connectivity index (χ1) is 14.3. The lowest BCUT2D eigenvalue weighted by Gasteiger charge is -2.39. The molecule has 6 N–H and O–H groups in total. The van der Waals surface area contributed by atoms with E-state index in [-0.39, 0.29) is 17.2 Å². The van der Waals surface area contributed by atoms with Crippen LogP contribution >= 0.6 is 0 Å². The number of phenols is 2. The van der Waals surface area contributed by atoms with E-state index < -0.39 is 37.3 Å². The first-order valence-electron chi connectivity index (χ1n) is 9.18. The van der Waals surface area contributed by atoms with Gasteiger partial charge in [-0.25, -0.2) is 0 Å². The van der Waals surface area contributed by atoms with Crippen LogP contribution in [-0.4, -0.2) is 75.1 Å². The lowest BCUT2D eigenvalue weighted by atomic mass is 9.99. The average Bonchev–Trinajstić information content (AvgIpc) is 2.72. The summed E-state index contributed by atoms with van der Waals surface area (Å²) in [7, 11) is 1.43. The lowest BCUT2D eigenvalue weighted by Crippen LogP contribution is -2.60. The highest BCUT2D eigenvalue weighted by atomic mass is 16.7. The van der Waals surface area contributed by atoms with Crippen molar-refractivity contribution in [3.05, 3.63) is 47.5 Å². The molecule has 0 spiro atoms. The van der Waals surface area contributed by atoms with Crippen molar-refractivity contribution in [3.8, 4) is 23.0 Å². The number of aliphatic hydroxyl groups is 4. The van der Waals surface area contributed by atoms with E-state index in [1.807, 2.05) is 0 Å². The Kier molecular flexibility index (Phi) is 6.80. The van der Waals surface area contributed by atoms with Crippen LogP contribution in [0.1, 0.15) is 11.1 Å². The molecule has 30 heavy (non-hydrogen) atoms. The second kappa shape index (κ2) is 9.33. The molecule has 9 nitrogen and oxygen atoms in total. The molecule has 5 atom stereocenters. The van der Waals surface area contributed by atoms with Crippen LogP contribution in [0.4, 0.5) is 0 Å². The van der Waals surface area contributed by atoms with Crippen LogP contribution in [0, 0.1) is 0 Å². The quantitative estimate of drug-likeness (QED) is 0.366. The zero-order valence-corrected chi connectivity index (χ0v) is 16.1. The van der Waals surface area contributed by atoms with E-state index in [1.165, 1.54) is 25.3 Å². The minimum atomic E-state index is -1.55. The van der Waals surface area contributed by atoms with Gasteiger partial charge in [0.25, 0.3) is 0 Å². The lowest BCUT2D eigenvalue weighted by molar-refractivity contribution is -0.277. The summed E-state index contributed by atoms with van der Waals surface area (Å²) in [5.41, 5.74) is 1.31. The average molecular weight is 420 g/mol. The standard InChI is InChI=1S/C21H24O9/c1-28-16-8-11(2-3-12-6-13(23)9-14(24)7-12)4-5-15(16)29-21-20(27)19(26)18(25)17(10-22)30-21/h2-9,17-27H,10H2,1H3/t17-,18-,19+,20-,21+/m1/s1. The van der Waals surface area contributed by atoms with Crippen LogP contribution < -0.4 is 9.47 Å². The molecule has 2 aromatic carbocycles. The van der Waals surface area contributed by atoms with Crippen molar-refractivity contribution in [2.75, 3.05) is 13.7 Å². The predicted octanol–water partition coefficient (Wildman–Crippen LogP) is 0.455. The van der Waals surface area contributed by atoms with Crippen LogP contribution in [0.5, 0.6) is 23.0 Å². The molecule has 2 aromatic rings. The molecule has 1 heterocycles. The van der Waals surface area contributed by atoms with Gasteiger partial charge in [0, 0.05) is 6.07 Å². The van der Waals surface area contributed by atoms with E-state index in [9.17, 15) is 30.6 Å². The normalized spacial score (nSPS) is 26.6. The third-order valence-electron chi connectivity index (χ3n) is 4.67. The van der Waals surface area contributed by atoms with Crippen LogP contribution in [-0.2, 0) is 4.74 Å². The number of hydrogen-bond donors (Lipinski definition) is 6. The van der Waals surface area contributed by atoms with Crippen molar-refractivity contribution in [3.63, 3.8) is 0 Å². The van der Waals surface area contributed by atoms with Crippen molar-refractivity contribution in [2.24, 2.45) is 0 Å². The largest absolute Gasteiger partial charge is 0.508 e. The second-order valence-corrected chi connectivity index (χ2v) is 6.84. The topological polar surface area (TPSA) is 149 Å². The van der Waals surface area contributed by atoms with Gasteiger partial charge in [-0.2, -0.15) is 0 Å². The molecule has 3 rings (SSSR count). The SMILES string of the molecule is COc1cc(C=Cc2cc(O)cc(O)c2)ccc1O[C@H]1O[C@H](CO)[C@@H](O)[C@H](O)[C@H]1O. The van der Waals surface area contributed by atoms with Crippen molar-refractivity contribution in [1.82, 2.24) is 0 Å². The van der Waals surface area contributed by atoms with Gasteiger partial charge < -0.3 is 44.8 Å². The minimum Gasteiger partial charge on any atom is -0.508 e. The summed E-state index contributed by atoms with van der Waals surface area (Å²) >= 11 is 0. The first-order valence-corrected chi connectivity index (χ1v) is 9.18. The maximum Gasteiger partial charge on any atom is 0.229 e. The van der Waals surface area contributed by atoms with Crippen molar-refractivity contribution in [1.29, 1.82) is 0 Å². The van der Waals surface area contributed by atoms with Gasteiger partial charge in [-0.1, -0.05) is 18.2 Å². The molecule has 0 amide bonds. The monoisotopic (exact) mass is 420 g/mol. The van der Waals surface area contributed by atoms with Crippen LogP contribution in [0.25, 0.3) is 12.2 Å². The Morgan fingerprint density at radius 3 is 2.17 bits per heavy atom. The maximum absolute atomic E-state index is 10.1. The fourth-order valence-corrected chi connectivity index (χ4v) is 3.08. The Hall–Kier alpha value is -2.82. The fourth-order valence-electron chi connectivity index (χ4n) is 3.08. The van der Waals surface area contributed by atoms with E-state index in [0.29, 0.717) is 11.3 Å². The molecule has 1 saturated heterocycles. The fraction of sp³-hybridized carbons (Fsp3) is 0.333. The molecule has 162 valence electrons. The second-order valence-electron chi connectivity index (χ2n) is 6.84. The molecule has 0 bridgehead atoms. The van der Waals surface area contributed by atoms with Crippen molar-refractivity contribution in [2.45, 2.75) is 30.7 Å². The summed E-state index contributed by atoms with van der Waals surface area (Å²) in [6, 6.07) is 9.12. The molecule has 9 heteroatoms. The van der Waals surface area contributed by atoms with Crippen LogP contribution in [0.15, 0.2) is 36.4 Å². The van der Waals surface area contributed by atoms with Gasteiger partial charge in [0.2, 0.25) is 6.29 Å². The maximum atomic E-state index is 10.1. The summed E-state index contributed by atoms with van der Waals surface area (Å²) < 4.78 is 16.3. The minimum absolute atomic E-state index is 0.0597. The Labute approximate surface area is 172 Å². The zero-order chi connectivity index (χ0) is 21.8. The van der Waals surface area contributed by atoms with Crippen molar-refractivity contribution >= 4 is 12.2 Å². The number of benzene rings is 2. The molecule has 0 saturated carbocycles. The van der Waals surface area contributed by atoms with Crippen molar-refractivity contribution < 1.29 is 44.8 Å². The van der Waals surface area contributed by atoms with Gasteiger partial charge >= 0.3 is 0 Å². The third-order valence-corrected chi connectivity index (χ3v) is 4.67. The summed E-state index contributed by atoms with van der Waals surface area (Å²) in [4.78, 5) is 0. The van der Waals surface area contributed by atoms with Gasteiger partial charge in [0.05, 0.1) is 13.7 Å². The van der Waals surface area contributed by atoms with Gasteiger partial charge in [0.15, 0.2) is 11.5 Å². The third kappa shape index (κ3) is 4.84. The van der Waals surface area contributed by atoms with Gasteiger partial charge in [-0.3, -0.25) is 0 Å². The molecular weight excluding hydrogens is 396 g/mol. The van der Waals surface area contributed by atoms with Gasteiger partial charge in [-0.05, 0) is 35.4 Å². The Bertz CT molecular complexity index is 876. The summed E-state index contributed by atoms with van der Waals surface area (Å²) in [6.07, 6.45) is -3.55. The number of aliphatic hydroxyl groups excluding tert-OH is 4. The smallest absolute Gasteiger partial charge is 0.229 e. The number of aromatic hydroxyl groups is 2. The number of phenolic OH excluding ortho intramolecular Hbond substituents is 2.